The molecule has 0 unspecified atom stereocenters. The molecule has 0 aromatic heterocycles. The fraction of sp³-hybridized carbons (Fsp3) is 0.885. The molecule has 5 aliphatic carbocycles. The molecule has 4 saturated carbocycles. The normalized spacial score (nSPS) is 52.1. The summed E-state index contributed by atoms with van der Waals surface area (Å²) in [4.78, 5) is 26.2. The quantitative estimate of drug-likeness (QED) is 0.0497. The van der Waals surface area contributed by atoms with Gasteiger partial charge in [-0.3, -0.25) is 0 Å². The lowest BCUT2D eigenvalue weighted by molar-refractivity contribution is -0.392. The highest BCUT2D eigenvalue weighted by atomic mass is 16.8. The Morgan fingerprint density at radius 3 is 2.00 bits per heavy atom. The maximum Gasteiger partial charge on any atom is 0.335 e. The number of carbonyl (C=O) groups is 2. The molecule has 422 valence electrons. The van der Waals surface area contributed by atoms with Gasteiger partial charge in [0.1, 0.15) is 67.1 Å². The molecular weight excluding hydrogens is 977 g/mol. The van der Waals surface area contributed by atoms with Gasteiger partial charge in [-0.15, -0.1) is 0 Å². The van der Waals surface area contributed by atoms with Gasteiger partial charge in [0, 0.05) is 11.0 Å². The minimum absolute atomic E-state index is 0.118. The number of hydrogen-bond acceptors (Lipinski definition) is 21. The third-order valence-corrected chi connectivity index (χ3v) is 20.4. The zero-order valence-electron chi connectivity index (χ0n) is 43.7. The molecule has 3 saturated heterocycles. The Morgan fingerprint density at radius 1 is 0.730 bits per heavy atom. The summed E-state index contributed by atoms with van der Waals surface area (Å²) in [5.74, 6) is -3.21. The number of aliphatic hydroxyl groups is 12. The summed E-state index contributed by atoms with van der Waals surface area (Å²) in [6.45, 7) is 15.3. The summed E-state index contributed by atoms with van der Waals surface area (Å²) in [5, 5.41) is 145. The smallest absolute Gasteiger partial charge is 0.335 e. The first kappa shape index (κ1) is 57.9. The van der Waals surface area contributed by atoms with E-state index in [0.29, 0.717) is 38.5 Å². The van der Waals surface area contributed by atoms with Crippen molar-refractivity contribution in [2.45, 2.75) is 217 Å². The second-order valence-corrected chi connectivity index (χ2v) is 24.7. The first-order valence-corrected chi connectivity index (χ1v) is 26.1. The number of rotatable bonds is 11. The highest BCUT2D eigenvalue weighted by Crippen LogP contribution is 2.76. The predicted octanol–water partition coefficient (Wildman–Crippen LogP) is -1.25. The van der Waals surface area contributed by atoms with E-state index in [1.807, 2.05) is 34.6 Å². The van der Waals surface area contributed by atoms with Crippen molar-refractivity contribution in [3.63, 3.8) is 0 Å². The van der Waals surface area contributed by atoms with Crippen LogP contribution >= 0.6 is 0 Å². The predicted molar refractivity (Wildman–Crippen MR) is 253 cm³/mol. The maximum absolute atomic E-state index is 13.4. The first-order chi connectivity index (χ1) is 34.5. The van der Waals surface area contributed by atoms with Gasteiger partial charge in [0.2, 0.25) is 0 Å². The molecular formula is C52H82O22. The van der Waals surface area contributed by atoms with Crippen LogP contribution in [-0.4, -0.2) is 215 Å². The van der Waals surface area contributed by atoms with Crippen LogP contribution in [0.15, 0.2) is 23.3 Å². The number of carboxylic acid groups (broad SMARTS) is 1. The number of carbonyl (C=O) groups excluding carboxylic acids is 1. The number of fused-ring (bicyclic) bond motifs is 7. The van der Waals surface area contributed by atoms with Crippen LogP contribution in [0.5, 0.6) is 0 Å². The Kier molecular flexibility index (Phi) is 16.0. The van der Waals surface area contributed by atoms with Gasteiger partial charge in [-0.05, 0) is 91.8 Å². The number of allylic oxidation sites excluding steroid dienone is 2. The van der Waals surface area contributed by atoms with Crippen LogP contribution in [0.25, 0.3) is 0 Å². The number of aliphatic carboxylic acids is 1. The molecule has 22 nitrogen and oxygen atoms in total. The topological polar surface area (TPSA) is 362 Å². The zero-order chi connectivity index (χ0) is 54.7. The average molecular weight is 1060 g/mol. The Morgan fingerprint density at radius 2 is 1.38 bits per heavy atom. The summed E-state index contributed by atoms with van der Waals surface area (Å²) in [6, 6.07) is 0. The monoisotopic (exact) mass is 1060 g/mol. The zero-order valence-corrected chi connectivity index (χ0v) is 43.7. The minimum atomic E-state index is -2.12. The van der Waals surface area contributed by atoms with Gasteiger partial charge < -0.3 is 99.5 Å². The molecule has 8 rings (SSSR count). The van der Waals surface area contributed by atoms with E-state index in [1.54, 1.807) is 19.9 Å². The van der Waals surface area contributed by atoms with E-state index in [4.69, 9.17) is 33.2 Å². The van der Waals surface area contributed by atoms with Crippen molar-refractivity contribution in [2.24, 2.45) is 50.2 Å². The Bertz CT molecular complexity index is 2130. The summed E-state index contributed by atoms with van der Waals surface area (Å²) in [7, 11) is 0. The van der Waals surface area contributed by atoms with Crippen LogP contribution < -0.4 is 0 Å². The van der Waals surface area contributed by atoms with Gasteiger partial charge >= 0.3 is 11.9 Å². The number of aliphatic hydroxyl groups excluding tert-OH is 12. The van der Waals surface area contributed by atoms with Crippen LogP contribution in [0.1, 0.15) is 101 Å². The van der Waals surface area contributed by atoms with Crippen LogP contribution in [0.2, 0.25) is 0 Å². The lowest BCUT2D eigenvalue weighted by Crippen LogP contribution is -2.76. The van der Waals surface area contributed by atoms with E-state index in [0.717, 1.165) is 5.57 Å². The van der Waals surface area contributed by atoms with Gasteiger partial charge in [-0.25, -0.2) is 9.59 Å². The van der Waals surface area contributed by atoms with Gasteiger partial charge in [-0.1, -0.05) is 66.2 Å². The molecule has 0 bridgehead atoms. The van der Waals surface area contributed by atoms with Gasteiger partial charge in [0.15, 0.2) is 25.0 Å². The number of carboxylic acids is 1. The van der Waals surface area contributed by atoms with Crippen molar-refractivity contribution >= 4 is 11.9 Å². The SMILES string of the molecule is C/C=C(/C)C(=O)O[C@H]1[C@H](O)C(C)(C)C[C@H]2C3=CC[C@@H]4[C@@]5(C)CC[C@H](O[C@@H]6O[C@H](C(=O)O)[C@@H](O)[C@H](O[C@@H]7OC[C@@H](O)[C@H](O)[C@H]7O)[C@H]6O[C@@H]6O[C@H](CO)[C@@H](O)[C@H](O)[C@H]6O)C(C)(C)[C@@H]5CC[C@@]4(C)[C@]3(C)[C@@H](O)[C@@H](O)[C@]21CO. The largest absolute Gasteiger partial charge is 0.479 e. The molecule has 3 heterocycles. The van der Waals surface area contributed by atoms with Crippen molar-refractivity contribution in [2.75, 3.05) is 19.8 Å². The first-order valence-electron chi connectivity index (χ1n) is 26.1. The van der Waals surface area contributed by atoms with Gasteiger partial charge in [0.05, 0.1) is 49.7 Å². The van der Waals surface area contributed by atoms with Crippen molar-refractivity contribution in [3.05, 3.63) is 23.3 Å². The average Bonchev–Trinajstić information content (AvgIpc) is 3.34. The van der Waals surface area contributed by atoms with E-state index >= 15 is 0 Å². The molecule has 13 N–H and O–H groups in total. The van der Waals surface area contributed by atoms with Crippen molar-refractivity contribution in [1.29, 1.82) is 0 Å². The highest BCUT2D eigenvalue weighted by Gasteiger charge is 2.76. The maximum atomic E-state index is 13.4. The number of esters is 1. The van der Waals surface area contributed by atoms with Gasteiger partial charge in [-0.2, -0.15) is 0 Å². The van der Waals surface area contributed by atoms with E-state index < -0.39 is 187 Å². The molecule has 7 fully saturated rings. The summed E-state index contributed by atoms with van der Waals surface area (Å²) in [6.07, 6.45) is -25.6. The lowest BCUT2D eigenvalue weighted by Gasteiger charge is -2.73. The lowest BCUT2D eigenvalue weighted by atomic mass is 9.32. The van der Waals surface area contributed by atoms with E-state index in [2.05, 4.69) is 19.9 Å². The van der Waals surface area contributed by atoms with E-state index in [9.17, 15) is 76.0 Å². The van der Waals surface area contributed by atoms with Crippen LogP contribution in [0.3, 0.4) is 0 Å². The van der Waals surface area contributed by atoms with Crippen LogP contribution in [-0.2, 0) is 42.7 Å². The minimum Gasteiger partial charge on any atom is -0.479 e. The molecule has 26 atom stereocenters. The van der Waals surface area contributed by atoms with Gasteiger partial charge in [0.25, 0.3) is 0 Å². The second kappa shape index (κ2) is 20.4. The third kappa shape index (κ3) is 8.68. The Labute approximate surface area is 430 Å². The standard InChI is InChI=1S/C52H82O22/c1-10-21(2)43(67)74-41-40(64)47(3,4)17-23-22-11-12-27-49(7)15-14-28(48(5,6)26(49)13-16-50(27,8)51(22,9)38(62)39(63)52(23,41)20-54)70-46-37(73-45-33(60)31(58)30(57)25(18-53)69-45)35(34(61)36(72-46)42(65)66)71-44-32(59)29(56)24(55)19-68-44/h10-11,23-41,44-46,53-64H,12-20H2,1-9H3,(H,65,66)/b21-10-/t23-,24+,25+,26-,27+,28-,29-,30+,31-,32+,33+,34-,35-,36-,37+,38-,39+,40-,41-,44-,45-,46+,49-,50+,51-,52-/m0/s1. The van der Waals surface area contributed by atoms with E-state index in [1.165, 1.54) is 0 Å². The number of hydrogen-bond donors (Lipinski definition) is 13. The molecule has 0 spiro atoms. The second-order valence-electron chi connectivity index (χ2n) is 24.7. The number of ether oxygens (including phenoxy) is 7. The molecule has 0 aromatic rings. The summed E-state index contributed by atoms with van der Waals surface area (Å²) in [5.41, 5.74) is -4.38. The summed E-state index contributed by atoms with van der Waals surface area (Å²) < 4.78 is 42.3. The van der Waals surface area contributed by atoms with Crippen LogP contribution in [0, 0.1) is 50.2 Å². The Hall–Kier alpha value is -2.30. The third-order valence-electron chi connectivity index (χ3n) is 20.4. The molecule has 8 aliphatic rings. The van der Waals surface area contributed by atoms with Crippen molar-refractivity contribution in [1.82, 2.24) is 0 Å². The highest BCUT2D eigenvalue weighted by molar-refractivity contribution is 5.87. The molecule has 0 aromatic carbocycles. The molecule has 0 radical (unpaired) electrons. The fourth-order valence-electron chi connectivity index (χ4n) is 15.6. The Balaban J connectivity index is 1.13. The van der Waals surface area contributed by atoms with Crippen molar-refractivity contribution < 1.29 is 109 Å². The molecule has 22 heteroatoms. The fourth-order valence-corrected chi connectivity index (χ4v) is 15.6. The van der Waals surface area contributed by atoms with Crippen molar-refractivity contribution in [3.8, 4) is 0 Å². The molecule has 0 amide bonds. The van der Waals surface area contributed by atoms with Crippen LogP contribution in [0.4, 0.5) is 0 Å². The molecule has 74 heavy (non-hydrogen) atoms. The van der Waals surface area contributed by atoms with E-state index in [-0.39, 0.29) is 17.4 Å². The summed E-state index contributed by atoms with van der Waals surface area (Å²) >= 11 is 0. The molecule has 3 aliphatic heterocycles.